The molecule has 0 radical (unpaired) electrons. The van der Waals surface area contributed by atoms with Gasteiger partial charge in [-0.05, 0) is 12.1 Å². The van der Waals surface area contributed by atoms with Gasteiger partial charge in [0.1, 0.15) is 5.69 Å². The van der Waals surface area contributed by atoms with E-state index in [0.717, 1.165) is 5.56 Å². The van der Waals surface area contributed by atoms with Crippen molar-refractivity contribution in [1.82, 2.24) is 14.8 Å². The maximum Gasteiger partial charge on any atom is 0.354 e. The van der Waals surface area contributed by atoms with Crippen molar-refractivity contribution in [3.63, 3.8) is 0 Å². The Labute approximate surface area is 115 Å². The maximum atomic E-state index is 11.7. The summed E-state index contributed by atoms with van der Waals surface area (Å²) in [4.78, 5) is 25.6. The number of ether oxygens (including phenoxy) is 1. The molecule has 0 aliphatic rings. The molecule has 0 bridgehead atoms. The van der Waals surface area contributed by atoms with E-state index in [0.29, 0.717) is 5.69 Å². The van der Waals surface area contributed by atoms with Crippen LogP contribution in [0.5, 0.6) is 0 Å². The highest BCUT2D eigenvalue weighted by molar-refractivity contribution is 6.02. The van der Waals surface area contributed by atoms with Gasteiger partial charge in [0.25, 0.3) is 0 Å². The summed E-state index contributed by atoms with van der Waals surface area (Å²) >= 11 is 0. The van der Waals surface area contributed by atoms with Gasteiger partial charge in [0.2, 0.25) is 5.91 Å². The van der Waals surface area contributed by atoms with E-state index in [4.69, 9.17) is 0 Å². The summed E-state index contributed by atoms with van der Waals surface area (Å²) in [5, 5.41) is 6.61. The number of carbonyl (C=O) groups excluding carboxylic acids is 2. The van der Waals surface area contributed by atoms with E-state index in [1.54, 1.807) is 30.2 Å². The molecule has 0 spiro atoms. The first kappa shape index (κ1) is 13.6. The van der Waals surface area contributed by atoms with Gasteiger partial charge in [-0.3, -0.25) is 9.48 Å². The Morgan fingerprint density at radius 3 is 2.95 bits per heavy atom. The predicted octanol–water partition coefficient (Wildman–Crippen LogP) is 1.19. The lowest BCUT2D eigenvalue weighted by molar-refractivity contribution is -0.111. The van der Waals surface area contributed by atoms with Gasteiger partial charge in [-0.15, -0.1) is 0 Å². The lowest BCUT2D eigenvalue weighted by Gasteiger charge is -1.96. The van der Waals surface area contributed by atoms with Gasteiger partial charge in [-0.2, -0.15) is 5.10 Å². The summed E-state index contributed by atoms with van der Waals surface area (Å²) in [7, 11) is 3.09. The molecule has 7 heteroatoms. The molecule has 0 unspecified atom stereocenters. The topological polar surface area (TPSA) is 89.0 Å². The number of nitrogens with one attached hydrogen (secondary N) is 2. The molecule has 0 atom stereocenters. The average molecular weight is 274 g/mol. The molecule has 0 aliphatic heterocycles. The van der Waals surface area contributed by atoms with Gasteiger partial charge < -0.3 is 15.0 Å². The minimum atomic E-state index is -0.489. The molecule has 0 aromatic carbocycles. The number of hydrogen-bond donors (Lipinski definition) is 2. The summed E-state index contributed by atoms with van der Waals surface area (Å²) in [6, 6.07) is 1.50. The smallest absolute Gasteiger partial charge is 0.354 e. The van der Waals surface area contributed by atoms with Crippen molar-refractivity contribution in [3.05, 3.63) is 42.0 Å². The Kier molecular flexibility index (Phi) is 3.99. The Morgan fingerprint density at radius 1 is 1.50 bits per heavy atom. The zero-order valence-corrected chi connectivity index (χ0v) is 11.1. The molecule has 0 saturated carbocycles. The van der Waals surface area contributed by atoms with E-state index in [1.807, 2.05) is 0 Å². The molecule has 2 rings (SSSR count). The molecule has 104 valence electrons. The van der Waals surface area contributed by atoms with Crippen LogP contribution in [0.15, 0.2) is 30.7 Å². The summed E-state index contributed by atoms with van der Waals surface area (Å²) < 4.78 is 6.20. The first-order chi connectivity index (χ1) is 9.58. The van der Waals surface area contributed by atoms with Gasteiger partial charge in [0, 0.05) is 31.1 Å². The number of aromatic nitrogens is 3. The number of rotatable bonds is 4. The quantitative estimate of drug-likeness (QED) is 0.647. The highest BCUT2D eigenvalue weighted by atomic mass is 16.5. The lowest BCUT2D eigenvalue weighted by Crippen LogP contribution is -2.06. The molecule has 2 aromatic rings. The number of anilines is 1. The third-order valence-electron chi connectivity index (χ3n) is 2.51. The second-order valence-corrected chi connectivity index (χ2v) is 4.06. The fraction of sp³-hybridized carbons (Fsp3) is 0.154. The second kappa shape index (κ2) is 5.87. The van der Waals surface area contributed by atoms with Crippen molar-refractivity contribution in [3.8, 4) is 0 Å². The monoisotopic (exact) mass is 274 g/mol. The van der Waals surface area contributed by atoms with Crippen LogP contribution in [-0.4, -0.2) is 33.8 Å². The van der Waals surface area contributed by atoms with Crippen molar-refractivity contribution in [2.24, 2.45) is 7.05 Å². The van der Waals surface area contributed by atoms with E-state index in [9.17, 15) is 9.59 Å². The van der Waals surface area contributed by atoms with Gasteiger partial charge in [0.05, 0.1) is 19.0 Å². The number of nitrogens with zero attached hydrogens (tertiary/aromatic N) is 2. The number of amides is 1. The first-order valence-corrected chi connectivity index (χ1v) is 5.83. The second-order valence-electron chi connectivity index (χ2n) is 4.06. The number of aryl methyl sites for hydroxylation is 1. The van der Waals surface area contributed by atoms with Crippen LogP contribution in [0.3, 0.4) is 0 Å². The molecule has 2 aromatic heterocycles. The van der Waals surface area contributed by atoms with Crippen LogP contribution < -0.4 is 5.32 Å². The number of methoxy groups -OCH3 is 1. The summed E-state index contributed by atoms with van der Waals surface area (Å²) in [5.74, 6) is -0.791. The lowest BCUT2D eigenvalue weighted by atomic mass is 10.3. The van der Waals surface area contributed by atoms with Crippen LogP contribution in [0.25, 0.3) is 6.08 Å². The molecule has 2 N–H and O–H groups in total. The minimum Gasteiger partial charge on any atom is -0.464 e. The van der Waals surface area contributed by atoms with Crippen molar-refractivity contribution in [2.75, 3.05) is 12.4 Å². The number of esters is 1. The average Bonchev–Trinajstić information content (AvgIpc) is 3.05. The van der Waals surface area contributed by atoms with E-state index >= 15 is 0 Å². The molecule has 7 nitrogen and oxygen atoms in total. The van der Waals surface area contributed by atoms with E-state index < -0.39 is 5.97 Å². The van der Waals surface area contributed by atoms with Crippen LogP contribution in [0, 0.1) is 0 Å². The molecule has 1 amide bonds. The van der Waals surface area contributed by atoms with Crippen molar-refractivity contribution < 1.29 is 14.3 Å². The van der Waals surface area contributed by atoms with Crippen LogP contribution in [-0.2, 0) is 16.6 Å². The third-order valence-corrected chi connectivity index (χ3v) is 2.51. The number of aromatic amines is 1. The first-order valence-electron chi connectivity index (χ1n) is 5.83. The molecule has 0 aliphatic carbocycles. The van der Waals surface area contributed by atoms with Crippen LogP contribution in [0.1, 0.15) is 16.1 Å². The maximum absolute atomic E-state index is 11.7. The zero-order chi connectivity index (χ0) is 14.5. The summed E-state index contributed by atoms with van der Waals surface area (Å²) in [5.41, 5.74) is 1.59. The largest absolute Gasteiger partial charge is 0.464 e. The fourth-order valence-corrected chi connectivity index (χ4v) is 1.58. The van der Waals surface area contributed by atoms with Crippen molar-refractivity contribution in [1.29, 1.82) is 0 Å². The molecule has 0 saturated heterocycles. The third kappa shape index (κ3) is 3.35. The number of carbonyl (C=O) groups is 2. The fourth-order valence-electron chi connectivity index (χ4n) is 1.58. The zero-order valence-electron chi connectivity index (χ0n) is 11.1. The van der Waals surface area contributed by atoms with Crippen LogP contribution in [0.4, 0.5) is 5.69 Å². The SMILES string of the molecule is COC(=O)c1cc(NC(=O)C=Cc2cnn(C)c2)c[nH]1. The van der Waals surface area contributed by atoms with Gasteiger partial charge in [-0.1, -0.05) is 0 Å². The summed E-state index contributed by atoms with van der Waals surface area (Å²) in [6.45, 7) is 0. The van der Waals surface area contributed by atoms with Gasteiger partial charge in [0.15, 0.2) is 0 Å². The predicted molar refractivity (Wildman–Crippen MR) is 73.0 cm³/mol. The van der Waals surface area contributed by atoms with Gasteiger partial charge >= 0.3 is 5.97 Å². The Balaban J connectivity index is 1.96. The van der Waals surface area contributed by atoms with Crippen LogP contribution in [0.2, 0.25) is 0 Å². The molecule has 0 fully saturated rings. The molecule has 2 heterocycles. The van der Waals surface area contributed by atoms with Crippen LogP contribution >= 0.6 is 0 Å². The highest BCUT2D eigenvalue weighted by Gasteiger charge is 2.08. The van der Waals surface area contributed by atoms with E-state index in [-0.39, 0.29) is 11.6 Å². The Morgan fingerprint density at radius 2 is 2.30 bits per heavy atom. The Bertz CT molecular complexity index is 654. The number of H-pyrrole nitrogens is 1. The van der Waals surface area contributed by atoms with Gasteiger partial charge in [-0.25, -0.2) is 4.79 Å². The van der Waals surface area contributed by atoms with E-state index in [2.05, 4.69) is 20.1 Å². The minimum absolute atomic E-state index is 0.277. The molecular formula is C13H14N4O3. The molecule has 20 heavy (non-hydrogen) atoms. The highest BCUT2D eigenvalue weighted by Crippen LogP contribution is 2.10. The van der Waals surface area contributed by atoms with Crippen molar-refractivity contribution >= 4 is 23.6 Å². The van der Waals surface area contributed by atoms with Crippen molar-refractivity contribution in [2.45, 2.75) is 0 Å². The molecular weight excluding hydrogens is 260 g/mol. The standard InChI is InChI=1S/C13H14N4O3/c1-17-8-9(6-15-17)3-4-12(18)16-10-5-11(14-7-10)13(19)20-2/h3-8,14H,1-2H3,(H,16,18). The Hall–Kier alpha value is -2.83. The normalized spacial score (nSPS) is 10.7. The number of hydrogen-bond acceptors (Lipinski definition) is 4. The summed E-state index contributed by atoms with van der Waals surface area (Å²) in [6.07, 6.45) is 7.99. The van der Waals surface area contributed by atoms with E-state index in [1.165, 1.54) is 25.4 Å².